The summed E-state index contributed by atoms with van der Waals surface area (Å²) >= 11 is 0. The number of nitrogens with one attached hydrogen (secondary N) is 1. The van der Waals surface area contributed by atoms with Crippen LogP contribution in [0, 0.1) is 25.7 Å². The molecule has 5 N–H and O–H groups in total. The number of amides is 2. The number of hydrogen-bond donors (Lipinski definition) is 4. The number of primary amides is 1. The third-order valence-corrected chi connectivity index (χ3v) is 5.81. The summed E-state index contributed by atoms with van der Waals surface area (Å²) in [5.41, 5.74) is 7.57. The van der Waals surface area contributed by atoms with Crippen LogP contribution in [0.25, 0.3) is 0 Å². The Morgan fingerprint density at radius 1 is 0.971 bits per heavy atom. The molecular weight excluding hydrogens is 452 g/mol. The fourth-order valence-corrected chi connectivity index (χ4v) is 4.00. The lowest BCUT2D eigenvalue weighted by Gasteiger charge is -2.23. The molecule has 0 bridgehead atoms. The Labute approximate surface area is 206 Å². The van der Waals surface area contributed by atoms with Crippen LogP contribution in [0.5, 0.6) is 5.75 Å². The molecule has 1 aromatic carbocycles. The van der Waals surface area contributed by atoms with Gasteiger partial charge in [-0.2, -0.15) is 0 Å². The summed E-state index contributed by atoms with van der Waals surface area (Å²) in [6.45, 7) is 7.44. The number of Topliss-reactive ketones (excluding diaryl/α,β-unsaturated/α-hetero) is 2. The van der Waals surface area contributed by atoms with Gasteiger partial charge in [-0.1, -0.05) is 26.0 Å². The van der Waals surface area contributed by atoms with Gasteiger partial charge in [-0.25, -0.2) is 0 Å². The Kier molecular flexibility index (Phi) is 12.1. The molecule has 2 amide bonds. The van der Waals surface area contributed by atoms with Gasteiger partial charge in [-0.3, -0.25) is 24.0 Å². The first-order valence-electron chi connectivity index (χ1n) is 11.9. The van der Waals surface area contributed by atoms with E-state index in [1.165, 1.54) is 0 Å². The van der Waals surface area contributed by atoms with Crippen molar-refractivity contribution in [2.75, 3.05) is 0 Å². The number of carboxylic acid groups (broad SMARTS) is 1. The largest absolute Gasteiger partial charge is 0.507 e. The highest BCUT2D eigenvalue weighted by molar-refractivity contribution is 5.93. The van der Waals surface area contributed by atoms with Crippen LogP contribution in [-0.4, -0.2) is 45.6 Å². The number of rotatable bonds is 16. The minimum absolute atomic E-state index is 0.00587. The van der Waals surface area contributed by atoms with E-state index < -0.39 is 35.5 Å². The SMILES string of the molecule is Cc1cc(CCC(=O)C[C@@H](CC(C)C)C(=O)NC(CCC(N)=O)C(=O)CCC(=O)O)cc(C)c1O. The number of carbonyl (C=O) groups excluding carboxylic acids is 4. The number of carbonyl (C=O) groups is 5. The quantitative estimate of drug-likeness (QED) is 0.277. The lowest BCUT2D eigenvalue weighted by Crippen LogP contribution is -2.45. The van der Waals surface area contributed by atoms with E-state index in [1.54, 1.807) is 13.8 Å². The van der Waals surface area contributed by atoms with Gasteiger partial charge in [0.25, 0.3) is 0 Å². The lowest BCUT2D eigenvalue weighted by atomic mass is 9.89. The van der Waals surface area contributed by atoms with Crippen LogP contribution in [0.1, 0.15) is 75.5 Å². The number of benzene rings is 1. The zero-order valence-electron chi connectivity index (χ0n) is 21.1. The molecule has 0 radical (unpaired) electrons. The molecule has 0 saturated carbocycles. The van der Waals surface area contributed by atoms with Gasteiger partial charge in [-0.15, -0.1) is 0 Å². The number of phenols is 1. The number of aromatic hydroxyl groups is 1. The van der Waals surface area contributed by atoms with Gasteiger partial charge in [0, 0.05) is 31.6 Å². The molecule has 0 aliphatic carbocycles. The highest BCUT2D eigenvalue weighted by Gasteiger charge is 2.28. The third-order valence-electron chi connectivity index (χ3n) is 5.81. The number of hydrogen-bond acceptors (Lipinski definition) is 6. The highest BCUT2D eigenvalue weighted by Crippen LogP contribution is 2.24. The van der Waals surface area contributed by atoms with Gasteiger partial charge in [-0.05, 0) is 55.7 Å². The predicted molar refractivity (Wildman–Crippen MR) is 131 cm³/mol. The summed E-state index contributed by atoms with van der Waals surface area (Å²) in [4.78, 5) is 60.3. The van der Waals surface area contributed by atoms with Gasteiger partial charge in [0.1, 0.15) is 11.5 Å². The second kappa shape index (κ2) is 14.2. The standard InChI is InChI=1S/C26H38N2O7/c1-15(2)11-19(14-20(29)6-5-18-12-16(3)25(34)17(4)13-18)26(35)28-21(7-9-23(27)31)22(30)8-10-24(32)33/h12-13,15,19,21,34H,5-11,14H2,1-4H3,(H2,27,31)(H,28,35)(H,32,33)/t19-,21?/m1/s1. The van der Waals surface area contributed by atoms with Crippen molar-refractivity contribution in [2.45, 2.75) is 85.1 Å². The van der Waals surface area contributed by atoms with Crippen LogP contribution in [0.3, 0.4) is 0 Å². The Hall–Kier alpha value is -3.23. The number of ketones is 2. The van der Waals surface area contributed by atoms with Crippen molar-refractivity contribution in [3.63, 3.8) is 0 Å². The van der Waals surface area contributed by atoms with Crippen LogP contribution < -0.4 is 11.1 Å². The molecule has 0 spiro atoms. The molecule has 0 fully saturated rings. The van der Waals surface area contributed by atoms with Crippen molar-refractivity contribution in [3.05, 3.63) is 28.8 Å². The first-order valence-corrected chi connectivity index (χ1v) is 11.9. The van der Waals surface area contributed by atoms with Crippen molar-refractivity contribution in [3.8, 4) is 5.75 Å². The molecule has 1 rings (SSSR count). The summed E-state index contributed by atoms with van der Waals surface area (Å²) in [6, 6.07) is 2.63. The van der Waals surface area contributed by atoms with E-state index in [2.05, 4.69) is 5.32 Å². The molecule has 194 valence electrons. The van der Waals surface area contributed by atoms with Crippen LogP contribution in [-0.2, 0) is 30.4 Å². The molecule has 9 heteroatoms. The molecule has 0 saturated heterocycles. The number of carboxylic acids is 1. The van der Waals surface area contributed by atoms with Gasteiger partial charge >= 0.3 is 5.97 Å². The summed E-state index contributed by atoms with van der Waals surface area (Å²) in [5, 5.41) is 21.4. The molecule has 35 heavy (non-hydrogen) atoms. The van der Waals surface area contributed by atoms with Crippen molar-refractivity contribution < 1.29 is 34.2 Å². The molecule has 0 aromatic heterocycles. The fraction of sp³-hybridized carbons (Fsp3) is 0.577. The number of nitrogens with two attached hydrogens (primary N) is 1. The first kappa shape index (κ1) is 29.8. The number of aliphatic carboxylic acids is 1. The summed E-state index contributed by atoms with van der Waals surface area (Å²) in [6.07, 6.45) is 0.321. The molecular formula is C26H38N2O7. The van der Waals surface area contributed by atoms with Gasteiger partial charge < -0.3 is 21.3 Å². The van der Waals surface area contributed by atoms with E-state index >= 15 is 0 Å². The van der Waals surface area contributed by atoms with E-state index in [-0.39, 0.29) is 56.0 Å². The molecule has 0 heterocycles. The van der Waals surface area contributed by atoms with E-state index in [1.807, 2.05) is 26.0 Å². The average molecular weight is 491 g/mol. The van der Waals surface area contributed by atoms with Crippen molar-refractivity contribution >= 4 is 29.4 Å². The smallest absolute Gasteiger partial charge is 0.303 e. The van der Waals surface area contributed by atoms with Crippen molar-refractivity contribution in [1.29, 1.82) is 0 Å². The summed E-state index contributed by atoms with van der Waals surface area (Å²) < 4.78 is 0. The van der Waals surface area contributed by atoms with E-state index in [9.17, 15) is 29.1 Å². The maximum atomic E-state index is 13.0. The predicted octanol–water partition coefficient (Wildman–Crippen LogP) is 2.75. The molecule has 0 aliphatic heterocycles. The van der Waals surface area contributed by atoms with E-state index in [4.69, 9.17) is 10.8 Å². The monoisotopic (exact) mass is 490 g/mol. The van der Waals surface area contributed by atoms with E-state index in [0.29, 0.717) is 12.8 Å². The van der Waals surface area contributed by atoms with E-state index in [0.717, 1.165) is 16.7 Å². The second-order valence-corrected chi connectivity index (χ2v) is 9.57. The molecule has 1 unspecified atom stereocenters. The van der Waals surface area contributed by atoms with Gasteiger partial charge in [0.2, 0.25) is 11.8 Å². The summed E-state index contributed by atoms with van der Waals surface area (Å²) in [7, 11) is 0. The molecule has 0 aliphatic rings. The number of aryl methyl sites for hydroxylation is 3. The van der Waals surface area contributed by atoms with Gasteiger partial charge in [0.15, 0.2) is 5.78 Å². The molecule has 1 aromatic rings. The number of phenolic OH excluding ortho intramolecular Hbond substituents is 1. The van der Waals surface area contributed by atoms with Crippen LogP contribution in [0.4, 0.5) is 0 Å². The average Bonchev–Trinajstić information content (AvgIpc) is 2.75. The van der Waals surface area contributed by atoms with Crippen molar-refractivity contribution in [2.24, 2.45) is 17.6 Å². The van der Waals surface area contributed by atoms with Crippen molar-refractivity contribution in [1.82, 2.24) is 5.32 Å². The maximum Gasteiger partial charge on any atom is 0.303 e. The highest BCUT2D eigenvalue weighted by atomic mass is 16.4. The van der Waals surface area contributed by atoms with Crippen LogP contribution in [0.2, 0.25) is 0 Å². The Morgan fingerprint density at radius 2 is 1.57 bits per heavy atom. The first-order chi connectivity index (χ1) is 16.3. The molecule has 9 nitrogen and oxygen atoms in total. The normalized spacial score (nSPS) is 12.7. The Balaban J connectivity index is 2.86. The molecule has 2 atom stereocenters. The lowest BCUT2D eigenvalue weighted by molar-refractivity contribution is -0.139. The maximum absolute atomic E-state index is 13.0. The summed E-state index contributed by atoms with van der Waals surface area (Å²) in [5.74, 6) is -3.14. The Bertz CT molecular complexity index is 917. The second-order valence-electron chi connectivity index (χ2n) is 9.57. The van der Waals surface area contributed by atoms with Gasteiger partial charge in [0.05, 0.1) is 12.5 Å². The minimum Gasteiger partial charge on any atom is -0.507 e. The fourth-order valence-electron chi connectivity index (χ4n) is 4.00. The zero-order valence-corrected chi connectivity index (χ0v) is 21.1. The topological polar surface area (TPSA) is 164 Å². The zero-order chi connectivity index (χ0) is 26.7. The third kappa shape index (κ3) is 11.2. The van der Waals surface area contributed by atoms with Crippen LogP contribution in [0.15, 0.2) is 12.1 Å². The Morgan fingerprint density at radius 3 is 2.09 bits per heavy atom. The minimum atomic E-state index is -1.14. The van der Waals surface area contributed by atoms with Crippen LogP contribution >= 0.6 is 0 Å².